The van der Waals surface area contributed by atoms with Crippen LogP contribution >= 0.6 is 11.6 Å². The summed E-state index contributed by atoms with van der Waals surface area (Å²) >= 11 is 5.68. The Morgan fingerprint density at radius 2 is 2.21 bits per heavy atom. The van der Waals surface area contributed by atoms with E-state index < -0.39 is 11.7 Å². The van der Waals surface area contributed by atoms with Gasteiger partial charge in [0.15, 0.2) is 0 Å². The van der Waals surface area contributed by atoms with Crippen molar-refractivity contribution in [2.75, 3.05) is 5.32 Å². The molecule has 1 amide bonds. The molecule has 0 aliphatic heterocycles. The first-order valence-corrected chi connectivity index (χ1v) is 5.88. The van der Waals surface area contributed by atoms with E-state index in [-0.39, 0.29) is 5.02 Å². The van der Waals surface area contributed by atoms with Crippen LogP contribution in [0.2, 0.25) is 5.02 Å². The topological polar surface area (TPSA) is 68.0 Å². The predicted molar refractivity (Wildman–Crippen MR) is 71.5 cm³/mol. The molecule has 19 heavy (non-hydrogen) atoms. The molecule has 0 spiro atoms. The van der Waals surface area contributed by atoms with Gasteiger partial charge in [0.05, 0.1) is 10.6 Å². The number of halogens is 2. The van der Waals surface area contributed by atoms with Crippen molar-refractivity contribution in [3.63, 3.8) is 0 Å². The van der Waals surface area contributed by atoms with E-state index in [0.717, 1.165) is 5.56 Å². The summed E-state index contributed by atoms with van der Waals surface area (Å²) in [6.07, 6.45) is 1.55. The maximum absolute atomic E-state index is 13.0. The number of carbonyl (C=O) groups excluding carboxylic acids is 1. The average molecular weight is 280 g/mol. The fourth-order valence-corrected chi connectivity index (χ4v) is 1.78. The van der Waals surface area contributed by atoms with Crippen molar-refractivity contribution < 1.29 is 9.18 Å². The van der Waals surface area contributed by atoms with Crippen molar-refractivity contribution >= 4 is 23.3 Å². The van der Waals surface area contributed by atoms with Crippen LogP contribution in [0.15, 0.2) is 36.5 Å². The molecule has 0 atom stereocenters. The summed E-state index contributed by atoms with van der Waals surface area (Å²) in [4.78, 5) is 15.2. The van der Waals surface area contributed by atoms with Gasteiger partial charge in [0, 0.05) is 12.7 Å². The fourth-order valence-electron chi connectivity index (χ4n) is 1.58. The van der Waals surface area contributed by atoms with Crippen LogP contribution in [0.1, 0.15) is 15.9 Å². The lowest BCUT2D eigenvalue weighted by molar-refractivity contribution is 0.100. The summed E-state index contributed by atoms with van der Waals surface area (Å²) in [5.41, 5.74) is 6.31. The van der Waals surface area contributed by atoms with E-state index in [1.165, 1.54) is 12.1 Å². The van der Waals surface area contributed by atoms with Gasteiger partial charge < -0.3 is 11.1 Å². The maximum atomic E-state index is 13.0. The first-order valence-electron chi connectivity index (χ1n) is 5.50. The number of hydrogen-bond acceptors (Lipinski definition) is 3. The molecule has 0 aliphatic carbocycles. The lowest BCUT2D eigenvalue weighted by Gasteiger charge is -2.09. The van der Waals surface area contributed by atoms with Crippen LogP contribution in [-0.4, -0.2) is 10.9 Å². The molecule has 3 N–H and O–H groups in total. The molecule has 2 rings (SSSR count). The first-order chi connectivity index (χ1) is 9.08. The van der Waals surface area contributed by atoms with Gasteiger partial charge in [-0.25, -0.2) is 9.37 Å². The molecule has 0 saturated heterocycles. The molecule has 0 saturated carbocycles. The number of nitrogens with two attached hydrogens (primary N) is 1. The third-order valence-corrected chi connectivity index (χ3v) is 2.81. The average Bonchev–Trinajstić information content (AvgIpc) is 2.40. The molecule has 1 aromatic heterocycles. The molecule has 0 unspecified atom stereocenters. The Morgan fingerprint density at radius 1 is 1.42 bits per heavy atom. The number of benzene rings is 1. The Hall–Kier alpha value is -2.14. The summed E-state index contributed by atoms with van der Waals surface area (Å²) < 4.78 is 13.0. The van der Waals surface area contributed by atoms with Crippen molar-refractivity contribution in [1.29, 1.82) is 0 Å². The van der Waals surface area contributed by atoms with Crippen molar-refractivity contribution in [2.24, 2.45) is 5.73 Å². The highest BCUT2D eigenvalue weighted by molar-refractivity contribution is 6.30. The zero-order valence-electron chi connectivity index (χ0n) is 9.86. The van der Waals surface area contributed by atoms with Gasteiger partial charge in [-0.3, -0.25) is 4.79 Å². The highest BCUT2D eigenvalue weighted by atomic mass is 35.5. The molecule has 0 bridgehead atoms. The summed E-state index contributed by atoms with van der Waals surface area (Å²) in [6, 6.07) is 7.60. The van der Waals surface area contributed by atoms with Gasteiger partial charge in [0.2, 0.25) is 0 Å². The van der Waals surface area contributed by atoms with Crippen LogP contribution in [0, 0.1) is 5.82 Å². The van der Waals surface area contributed by atoms with E-state index in [1.807, 2.05) is 0 Å². The van der Waals surface area contributed by atoms with Gasteiger partial charge in [-0.15, -0.1) is 0 Å². The van der Waals surface area contributed by atoms with Gasteiger partial charge >= 0.3 is 0 Å². The summed E-state index contributed by atoms with van der Waals surface area (Å²) in [6.45, 7) is 0.358. The standard InChI is InChI=1S/C13H11ClFN3O/c14-10-6-8(3-4-11(10)15)7-18-13-9(12(16)19)2-1-5-17-13/h1-6H,7H2,(H2,16,19)(H,17,18). The number of carbonyl (C=O) groups is 1. The Labute approximate surface area is 114 Å². The number of amides is 1. The molecule has 1 aromatic carbocycles. The molecule has 0 fully saturated rings. The van der Waals surface area contributed by atoms with Crippen molar-refractivity contribution in [2.45, 2.75) is 6.54 Å². The minimum atomic E-state index is -0.562. The monoisotopic (exact) mass is 279 g/mol. The van der Waals surface area contributed by atoms with Crippen LogP contribution in [0.5, 0.6) is 0 Å². The van der Waals surface area contributed by atoms with Crippen molar-refractivity contribution in [1.82, 2.24) is 4.98 Å². The highest BCUT2D eigenvalue weighted by Gasteiger charge is 2.08. The molecule has 0 aliphatic rings. The second-order valence-electron chi connectivity index (χ2n) is 3.87. The number of rotatable bonds is 4. The second kappa shape index (κ2) is 5.67. The zero-order valence-corrected chi connectivity index (χ0v) is 10.6. The van der Waals surface area contributed by atoms with Gasteiger partial charge in [-0.2, -0.15) is 0 Å². The SMILES string of the molecule is NC(=O)c1cccnc1NCc1ccc(F)c(Cl)c1. The van der Waals surface area contributed by atoms with Crippen molar-refractivity contribution in [3.05, 3.63) is 58.5 Å². The number of nitrogens with zero attached hydrogens (tertiary/aromatic N) is 1. The number of hydrogen-bond donors (Lipinski definition) is 2. The van der Waals surface area contributed by atoms with Crippen LogP contribution in [0.4, 0.5) is 10.2 Å². The second-order valence-corrected chi connectivity index (χ2v) is 4.27. The molecular formula is C13H11ClFN3O. The molecule has 1 heterocycles. The molecule has 4 nitrogen and oxygen atoms in total. The molecule has 6 heteroatoms. The Balaban J connectivity index is 2.14. The minimum Gasteiger partial charge on any atom is -0.365 e. The lowest BCUT2D eigenvalue weighted by Crippen LogP contribution is -2.15. The Morgan fingerprint density at radius 3 is 2.89 bits per heavy atom. The quantitative estimate of drug-likeness (QED) is 0.904. The summed E-state index contributed by atoms with van der Waals surface area (Å²) in [7, 11) is 0. The number of primary amides is 1. The smallest absolute Gasteiger partial charge is 0.252 e. The zero-order chi connectivity index (χ0) is 13.8. The third-order valence-electron chi connectivity index (χ3n) is 2.52. The van der Waals surface area contributed by atoms with Gasteiger partial charge in [-0.1, -0.05) is 17.7 Å². The Kier molecular flexibility index (Phi) is 3.97. The molecular weight excluding hydrogens is 269 g/mol. The maximum Gasteiger partial charge on any atom is 0.252 e. The molecule has 0 radical (unpaired) electrons. The summed E-state index contributed by atoms with van der Waals surface area (Å²) in [5, 5.41) is 3.02. The predicted octanol–water partition coefficient (Wildman–Crippen LogP) is 2.59. The first kappa shape index (κ1) is 13.3. The largest absolute Gasteiger partial charge is 0.365 e. The number of nitrogens with one attached hydrogen (secondary N) is 1. The summed E-state index contributed by atoms with van der Waals surface area (Å²) in [5.74, 6) is -0.649. The van der Waals surface area contributed by atoms with E-state index in [9.17, 15) is 9.18 Å². The van der Waals surface area contributed by atoms with E-state index in [1.54, 1.807) is 24.4 Å². The van der Waals surface area contributed by atoms with Gasteiger partial charge in [0.25, 0.3) is 5.91 Å². The third kappa shape index (κ3) is 3.20. The van der Waals surface area contributed by atoms with Crippen molar-refractivity contribution in [3.8, 4) is 0 Å². The van der Waals surface area contributed by atoms with Crippen LogP contribution < -0.4 is 11.1 Å². The number of pyridine rings is 1. The Bertz CT molecular complexity index is 619. The minimum absolute atomic E-state index is 0.0513. The van der Waals surface area contributed by atoms with Gasteiger partial charge in [-0.05, 0) is 29.8 Å². The molecule has 98 valence electrons. The number of aromatic nitrogens is 1. The number of anilines is 1. The van der Waals surface area contributed by atoms with Crippen LogP contribution in [0.25, 0.3) is 0 Å². The fraction of sp³-hybridized carbons (Fsp3) is 0.0769. The van der Waals surface area contributed by atoms with E-state index in [0.29, 0.717) is 17.9 Å². The lowest BCUT2D eigenvalue weighted by atomic mass is 10.2. The van der Waals surface area contributed by atoms with Gasteiger partial charge in [0.1, 0.15) is 11.6 Å². The van der Waals surface area contributed by atoms with Crippen LogP contribution in [0.3, 0.4) is 0 Å². The van der Waals surface area contributed by atoms with Crippen LogP contribution in [-0.2, 0) is 6.54 Å². The van der Waals surface area contributed by atoms with E-state index in [2.05, 4.69) is 10.3 Å². The normalized spacial score (nSPS) is 10.2. The highest BCUT2D eigenvalue weighted by Crippen LogP contribution is 2.17. The van der Waals surface area contributed by atoms with E-state index >= 15 is 0 Å². The molecule has 2 aromatic rings. The van der Waals surface area contributed by atoms with E-state index in [4.69, 9.17) is 17.3 Å².